The Bertz CT molecular complexity index is 477. The van der Waals surface area contributed by atoms with Crippen molar-refractivity contribution in [1.82, 2.24) is 5.32 Å². The zero-order valence-corrected chi connectivity index (χ0v) is 13.7. The molecule has 10 nitrogen and oxygen atoms in total. The monoisotopic (exact) mass is 351 g/mol. The first-order valence-corrected chi connectivity index (χ1v) is 7.43. The highest BCUT2D eigenvalue weighted by Gasteiger charge is 2.54. The number of ether oxygens (including phenoxy) is 1. The van der Waals surface area contributed by atoms with E-state index in [2.05, 4.69) is 5.32 Å². The van der Waals surface area contributed by atoms with Crippen LogP contribution in [0.1, 0.15) is 27.2 Å². The van der Waals surface area contributed by atoms with Crippen LogP contribution in [-0.4, -0.2) is 85.4 Å². The number of hydrogen-bond donors (Lipinski definition) is 7. The van der Waals surface area contributed by atoms with Crippen LogP contribution in [0.15, 0.2) is 0 Å². The van der Waals surface area contributed by atoms with Crippen molar-refractivity contribution in [3.8, 4) is 0 Å². The first kappa shape index (κ1) is 20.7. The van der Waals surface area contributed by atoms with Gasteiger partial charge in [-0.2, -0.15) is 0 Å². The summed E-state index contributed by atoms with van der Waals surface area (Å²) in [5.41, 5.74) is -0.856. The number of nitrogens with one attached hydrogen (secondary N) is 1. The lowest BCUT2D eigenvalue weighted by Gasteiger charge is -2.45. The molecule has 1 heterocycles. The van der Waals surface area contributed by atoms with Gasteiger partial charge in [-0.3, -0.25) is 4.79 Å². The summed E-state index contributed by atoms with van der Waals surface area (Å²) in [6.45, 7) is 3.92. The summed E-state index contributed by atoms with van der Waals surface area (Å²) < 4.78 is 4.98. The van der Waals surface area contributed by atoms with Crippen LogP contribution in [0, 0.1) is 5.41 Å². The first-order valence-electron chi connectivity index (χ1n) is 7.43. The third-order valence-electron chi connectivity index (χ3n) is 3.82. The topological polar surface area (TPSA) is 177 Å². The van der Waals surface area contributed by atoms with E-state index < -0.39 is 66.6 Å². The van der Waals surface area contributed by atoms with E-state index in [9.17, 15) is 30.0 Å². The Morgan fingerprint density at radius 2 is 1.88 bits per heavy atom. The lowest BCUT2D eigenvalue weighted by Crippen LogP contribution is -2.68. The van der Waals surface area contributed by atoms with Crippen LogP contribution in [-0.2, 0) is 14.3 Å². The molecule has 0 spiro atoms. The Labute approximate surface area is 138 Å². The van der Waals surface area contributed by atoms with Gasteiger partial charge in [0.2, 0.25) is 5.91 Å². The fraction of sp³-hybridized carbons (Fsp3) is 0.857. The van der Waals surface area contributed by atoms with Gasteiger partial charge >= 0.3 is 5.97 Å². The molecule has 0 aliphatic carbocycles. The molecule has 6 atom stereocenters. The zero-order valence-electron chi connectivity index (χ0n) is 13.7. The Balaban J connectivity index is 3.13. The number of hydrogen-bond acceptors (Lipinski definition) is 8. The number of carbonyl (C=O) groups is 2. The van der Waals surface area contributed by atoms with Crippen LogP contribution in [0.2, 0.25) is 0 Å². The van der Waals surface area contributed by atoms with Gasteiger partial charge in [-0.15, -0.1) is 0 Å². The van der Waals surface area contributed by atoms with Crippen LogP contribution in [0.4, 0.5) is 0 Å². The molecule has 1 aliphatic heterocycles. The van der Waals surface area contributed by atoms with E-state index in [-0.39, 0.29) is 0 Å². The minimum atomic E-state index is -2.80. The summed E-state index contributed by atoms with van der Waals surface area (Å²) in [6, 6.07) is -1.30. The Morgan fingerprint density at radius 1 is 1.33 bits per heavy atom. The fourth-order valence-corrected chi connectivity index (χ4v) is 2.27. The minimum absolute atomic E-state index is 0.522. The Hall–Kier alpha value is -1.30. The molecule has 1 saturated heterocycles. The largest absolute Gasteiger partial charge is 0.477 e. The summed E-state index contributed by atoms with van der Waals surface area (Å²) >= 11 is 0. The van der Waals surface area contributed by atoms with Crippen molar-refractivity contribution in [3.63, 3.8) is 0 Å². The molecule has 0 saturated carbocycles. The van der Waals surface area contributed by atoms with E-state index in [0.29, 0.717) is 0 Å². The van der Waals surface area contributed by atoms with Gasteiger partial charge in [-0.05, 0) is 0 Å². The molecule has 1 rings (SSSR count). The van der Waals surface area contributed by atoms with Crippen molar-refractivity contribution in [3.05, 3.63) is 0 Å². The third kappa shape index (κ3) is 4.41. The lowest BCUT2D eigenvalue weighted by molar-refractivity contribution is -0.295. The standard InChI is InChI=1S/C14H25NO9/c1-13(2,3)11(20)15-8-6(17)4-14(23,12(21)22)24-10(8)9(19)7(18)5-16/h6-10,16-19,23H,4-5H2,1-3H3,(H,15,20)(H,21,22)/t6-,7+,8+,9+,10+,14?/m0/s1. The summed E-state index contributed by atoms with van der Waals surface area (Å²) in [4.78, 5) is 23.3. The van der Waals surface area contributed by atoms with Crippen molar-refractivity contribution in [2.75, 3.05) is 6.61 Å². The molecule has 0 aromatic carbocycles. The normalized spacial score (nSPS) is 33.6. The van der Waals surface area contributed by atoms with E-state index >= 15 is 0 Å². The minimum Gasteiger partial charge on any atom is -0.477 e. The van der Waals surface area contributed by atoms with Gasteiger partial charge in [-0.1, -0.05) is 20.8 Å². The molecular formula is C14H25NO9. The molecule has 0 bridgehead atoms. The third-order valence-corrected chi connectivity index (χ3v) is 3.82. The number of rotatable bonds is 5. The Morgan fingerprint density at radius 3 is 2.29 bits per heavy atom. The van der Waals surface area contributed by atoms with Gasteiger partial charge in [0.25, 0.3) is 5.79 Å². The quantitative estimate of drug-likeness (QED) is 0.275. The van der Waals surface area contributed by atoms with Crippen LogP contribution in [0.25, 0.3) is 0 Å². The average Bonchev–Trinajstić information content (AvgIpc) is 2.46. The highest BCUT2D eigenvalue weighted by molar-refractivity contribution is 5.82. The number of carbonyl (C=O) groups excluding carboxylic acids is 1. The summed E-state index contributed by atoms with van der Waals surface area (Å²) in [5.74, 6) is -5.12. The second kappa shape index (κ2) is 7.30. The van der Waals surface area contributed by atoms with Crippen molar-refractivity contribution >= 4 is 11.9 Å². The van der Waals surface area contributed by atoms with Gasteiger partial charge in [0.05, 0.1) is 18.8 Å². The van der Waals surface area contributed by atoms with Gasteiger partial charge in [0.1, 0.15) is 18.3 Å². The number of amides is 1. The molecular weight excluding hydrogens is 326 g/mol. The van der Waals surface area contributed by atoms with Crippen LogP contribution >= 0.6 is 0 Å². The van der Waals surface area contributed by atoms with Crippen molar-refractivity contribution in [1.29, 1.82) is 0 Å². The van der Waals surface area contributed by atoms with Crippen molar-refractivity contribution in [2.45, 2.75) is 63.4 Å². The number of aliphatic hydroxyl groups excluding tert-OH is 4. The molecule has 0 aromatic rings. The van der Waals surface area contributed by atoms with E-state index in [4.69, 9.17) is 14.9 Å². The molecule has 10 heteroatoms. The van der Waals surface area contributed by atoms with Gasteiger partial charge in [0.15, 0.2) is 0 Å². The number of carboxylic acids is 1. The number of carboxylic acid groups (broad SMARTS) is 1. The predicted octanol–water partition coefficient (Wildman–Crippen LogP) is -2.85. The van der Waals surface area contributed by atoms with E-state index in [0.717, 1.165) is 0 Å². The Kier molecular flexibility index (Phi) is 6.31. The molecule has 0 aromatic heterocycles. The highest BCUT2D eigenvalue weighted by Crippen LogP contribution is 2.31. The molecule has 1 fully saturated rings. The zero-order chi connectivity index (χ0) is 18.9. The number of aliphatic carboxylic acids is 1. The molecule has 1 aliphatic rings. The number of aliphatic hydroxyl groups is 5. The maximum Gasteiger partial charge on any atom is 0.364 e. The molecule has 7 N–H and O–H groups in total. The summed E-state index contributed by atoms with van der Waals surface area (Å²) in [6.07, 6.45) is -7.58. The second-order valence-corrected chi connectivity index (χ2v) is 6.93. The molecule has 0 radical (unpaired) electrons. The lowest BCUT2D eigenvalue weighted by atomic mass is 9.87. The maximum atomic E-state index is 12.1. The summed E-state index contributed by atoms with van der Waals surface area (Å²) in [7, 11) is 0. The molecule has 24 heavy (non-hydrogen) atoms. The molecule has 1 amide bonds. The van der Waals surface area contributed by atoms with Crippen molar-refractivity contribution < 1.29 is 45.0 Å². The predicted molar refractivity (Wildman–Crippen MR) is 78.6 cm³/mol. The van der Waals surface area contributed by atoms with Crippen molar-refractivity contribution in [2.24, 2.45) is 5.41 Å². The SMILES string of the molecule is CC(C)(C)C(=O)N[C@H]1[C@H]([C@H](O)[C@H](O)CO)OC(O)(C(=O)O)C[C@@H]1O. The molecule has 140 valence electrons. The first-order chi connectivity index (χ1) is 10.8. The van der Waals surface area contributed by atoms with E-state index in [1.54, 1.807) is 20.8 Å². The van der Waals surface area contributed by atoms with Gasteiger partial charge < -0.3 is 40.7 Å². The van der Waals surface area contributed by atoms with E-state index in [1.807, 2.05) is 0 Å². The van der Waals surface area contributed by atoms with Gasteiger partial charge in [-0.25, -0.2) is 4.79 Å². The fourth-order valence-electron chi connectivity index (χ4n) is 2.27. The van der Waals surface area contributed by atoms with E-state index in [1.165, 1.54) is 0 Å². The smallest absolute Gasteiger partial charge is 0.364 e. The summed E-state index contributed by atoms with van der Waals surface area (Å²) in [5, 5.41) is 60.2. The second-order valence-electron chi connectivity index (χ2n) is 6.93. The van der Waals surface area contributed by atoms with Crippen LogP contribution < -0.4 is 5.32 Å². The van der Waals surface area contributed by atoms with Gasteiger partial charge in [0, 0.05) is 11.8 Å². The molecule has 1 unspecified atom stereocenters. The highest BCUT2D eigenvalue weighted by atomic mass is 16.7. The van der Waals surface area contributed by atoms with Crippen LogP contribution in [0.3, 0.4) is 0 Å². The average molecular weight is 351 g/mol. The van der Waals surface area contributed by atoms with Crippen LogP contribution in [0.5, 0.6) is 0 Å². The maximum absolute atomic E-state index is 12.1.